The number of nitrogens with one attached hydrogen (secondary N) is 1. The van der Waals surface area contributed by atoms with E-state index < -0.39 is 0 Å². The van der Waals surface area contributed by atoms with Gasteiger partial charge >= 0.3 is 0 Å². The molecule has 2 aliphatic rings. The minimum absolute atomic E-state index is 0.0359. The standard InChI is InChI=1S/C12H15ClN6.C6H12O/c13-10-6-16-12(14)18-11(10)8-5-17-19(7-8)9-1-3-15-4-2-9;7-6-4-2-1-3-5-6/h5-7,9,15H,1-4H2,(H2,14,16,18);6-7H,1-5H2. The topological polar surface area (TPSA) is 102 Å². The summed E-state index contributed by atoms with van der Waals surface area (Å²) in [7, 11) is 0. The molecule has 2 aromatic heterocycles. The Bertz CT molecular complexity index is 695. The van der Waals surface area contributed by atoms with Crippen LogP contribution in [0.3, 0.4) is 0 Å². The summed E-state index contributed by atoms with van der Waals surface area (Å²) < 4.78 is 1.99. The Balaban J connectivity index is 0.000000236. The van der Waals surface area contributed by atoms with Crippen LogP contribution >= 0.6 is 11.6 Å². The normalized spacial score (nSPS) is 19.0. The highest BCUT2D eigenvalue weighted by atomic mass is 35.5. The van der Waals surface area contributed by atoms with Crippen LogP contribution in [0.25, 0.3) is 11.3 Å². The third kappa shape index (κ3) is 5.16. The third-order valence-corrected chi connectivity index (χ3v) is 5.17. The monoisotopic (exact) mass is 378 g/mol. The Morgan fingerprint density at radius 1 is 1.12 bits per heavy atom. The molecule has 0 atom stereocenters. The van der Waals surface area contributed by atoms with Crippen molar-refractivity contribution in [1.29, 1.82) is 0 Å². The summed E-state index contributed by atoms with van der Waals surface area (Å²) in [5.41, 5.74) is 7.10. The smallest absolute Gasteiger partial charge is 0.220 e. The number of nitrogen functional groups attached to an aromatic ring is 1. The van der Waals surface area contributed by atoms with Gasteiger partial charge in [0.1, 0.15) is 0 Å². The summed E-state index contributed by atoms with van der Waals surface area (Å²) in [4.78, 5) is 8.03. The second-order valence-corrected chi connectivity index (χ2v) is 7.31. The number of nitrogens with zero attached hydrogens (tertiary/aromatic N) is 4. The molecule has 0 spiro atoms. The van der Waals surface area contributed by atoms with Gasteiger partial charge in [-0.05, 0) is 38.8 Å². The van der Waals surface area contributed by atoms with Crippen LogP contribution in [-0.4, -0.2) is 44.0 Å². The van der Waals surface area contributed by atoms with E-state index in [0.29, 0.717) is 16.8 Å². The van der Waals surface area contributed by atoms with Crippen molar-refractivity contribution in [3.8, 4) is 11.3 Å². The first-order valence-electron chi connectivity index (χ1n) is 9.35. The maximum absolute atomic E-state index is 8.91. The van der Waals surface area contributed by atoms with Crippen LogP contribution in [0.1, 0.15) is 51.0 Å². The van der Waals surface area contributed by atoms with Gasteiger partial charge in [-0.3, -0.25) is 4.68 Å². The first kappa shape index (κ1) is 19.1. The lowest BCUT2D eigenvalue weighted by molar-refractivity contribution is 0.130. The quantitative estimate of drug-likeness (QED) is 0.742. The van der Waals surface area contributed by atoms with E-state index in [1.54, 1.807) is 6.20 Å². The zero-order valence-corrected chi connectivity index (χ0v) is 15.7. The second-order valence-electron chi connectivity index (χ2n) is 6.91. The molecule has 3 heterocycles. The Kier molecular flexibility index (Phi) is 6.82. The molecule has 1 aliphatic heterocycles. The zero-order valence-electron chi connectivity index (χ0n) is 14.9. The van der Waals surface area contributed by atoms with Gasteiger partial charge in [0.05, 0.1) is 35.3 Å². The van der Waals surface area contributed by atoms with Gasteiger partial charge in [0, 0.05) is 11.8 Å². The third-order valence-electron chi connectivity index (χ3n) is 4.90. The summed E-state index contributed by atoms with van der Waals surface area (Å²) >= 11 is 6.10. The molecule has 2 aromatic rings. The first-order chi connectivity index (χ1) is 12.6. The molecule has 1 aliphatic carbocycles. The molecule has 0 amide bonds. The molecule has 1 saturated carbocycles. The van der Waals surface area contributed by atoms with Crippen molar-refractivity contribution in [3.05, 3.63) is 23.6 Å². The number of hydrogen-bond donors (Lipinski definition) is 3. The van der Waals surface area contributed by atoms with Gasteiger partial charge in [-0.1, -0.05) is 30.9 Å². The summed E-state index contributed by atoms with van der Waals surface area (Å²) in [5.74, 6) is 0.217. The second kappa shape index (κ2) is 9.30. The number of piperidine rings is 1. The summed E-state index contributed by atoms with van der Waals surface area (Å²) in [6.07, 6.45) is 13.4. The molecule has 1 saturated heterocycles. The summed E-state index contributed by atoms with van der Waals surface area (Å²) in [5, 5.41) is 17.2. The fourth-order valence-corrected chi connectivity index (χ4v) is 3.60. The molecule has 26 heavy (non-hydrogen) atoms. The van der Waals surface area contributed by atoms with Crippen molar-refractivity contribution in [2.45, 2.75) is 57.1 Å². The molecule has 0 bridgehead atoms. The molecule has 4 rings (SSSR count). The number of rotatable bonds is 2. The van der Waals surface area contributed by atoms with Crippen molar-refractivity contribution in [2.24, 2.45) is 0 Å². The van der Waals surface area contributed by atoms with Crippen LogP contribution in [-0.2, 0) is 0 Å². The Morgan fingerprint density at radius 3 is 2.50 bits per heavy atom. The highest BCUT2D eigenvalue weighted by Crippen LogP contribution is 2.27. The fourth-order valence-electron chi connectivity index (χ4n) is 3.40. The van der Waals surface area contributed by atoms with E-state index in [4.69, 9.17) is 22.4 Å². The molecule has 0 aromatic carbocycles. The van der Waals surface area contributed by atoms with Crippen molar-refractivity contribution in [2.75, 3.05) is 18.8 Å². The molecule has 8 heteroatoms. The van der Waals surface area contributed by atoms with E-state index >= 15 is 0 Å². The van der Waals surface area contributed by atoms with Gasteiger partial charge in [-0.2, -0.15) is 5.10 Å². The minimum atomic E-state index is 0.0359. The molecule has 0 unspecified atom stereocenters. The minimum Gasteiger partial charge on any atom is -0.393 e. The van der Waals surface area contributed by atoms with E-state index in [2.05, 4.69) is 20.4 Å². The molecule has 4 N–H and O–H groups in total. The number of anilines is 1. The molecular formula is C18H27ClN6O. The maximum Gasteiger partial charge on any atom is 0.220 e. The lowest BCUT2D eigenvalue weighted by Gasteiger charge is -2.22. The Hall–Kier alpha value is -1.70. The summed E-state index contributed by atoms with van der Waals surface area (Å²) in [6, 6.07) is 0.438. The predicted molar refractivity (Wildman–Crippen MR) is 103 cm³/mol. The van der Waals surface area contributed by atoms with Gasteiger partial charge in [0.2, 0.25) is 5.95 Å². The van der Waals surface area contributed by atoms with Crippen LogP contribution in [0.4, 0.5) is 5.95 Å². The van der Waals surface area contributed by atoms with Crippen LogP contribution in [0.2, 0.25) is 5.02 Å². The van der Waals surface area contributed by atoms with Crippen LogP contribution in [0.15, 0.2) is 18.6 Å². The van der Waals surface area contributed by atoms with E-state index in [-0.39, 0.29) is 12.1 Å². The van der Waals surface area contributed by atoms with Gasteiger partial charge in [-0.15, -0.1) is 0 Å². The number of aromatic nitrogens is 4. The van der Waals surface area contributed by atoms with E-state index in [9.17, 15) is 0 Å². The summed E-state index contributed by atoms with van der Waals surface area (Å²) in [6.45, 7) is 2.06. The van der Waals surface area contributed by atoms with Crippen LogP contribution in [0, 0.1) is 0 Å². The number of hydrogen-bond acceptors (Lipinski definition) is 6. The average molecular weight is 379 g/mol. The van der Waals surface area contributed by atoms with Gasteiger partial charge in [-0.25, -0.2) is 9.97 Å². The van der Waals surface area contributed by atoms with Gasteiger partial charge in [0.15, 0.2) is 0 Å². The number of halogens is 1. The SMILES string of the molecule is Nc1ncc(Cl)c(-c2cnn(C3CCNCC3)c2)n1.OC1CCCCC1. The first-order valence-corrected chi connectivity index (χ1v) is 9.72. The zero-order chi connectivity index (χ0) is 18.4. The molecule has 142 valence electrons. The lowest BCUT2D eigenvalue weighted by atomic mass is 9.98. The Morgan fingerprint density at radius 2 is 1.85 bits per heavy atom. The van der Waals surface area contributed by atoms with Crippen LogP contribution < -0.4 is 11.1 Å². The highest BCUT2D eigenvalue weighted by Gasteiger charge is 2.17. The van der Waals surface area contributed by atoms with Crippen molar-refractivity contribution in [1.82, 2.24) is 25.1 Å². The van der Waals surface area contributed by atoms with E-state index in [0.717, 1.165) is 44.3 Å². The van der Waals surface area contributed by atoms with E-state index in [1.165, 1.54) is 25.5 Å². The average Bonchev–Trinajstić information content (AvgIpc) is 3.16. The largest absolute Gasteiger partial charge is 0.393 e. The van der Waals surface area contributed by atoms with Gasteiger partial charge < -0.3 is 16.2 Å². The van der Waals surface area contributed by atoms with Crippen molar-refractivity contribution >= 4 is 17.5 Å². The van der Waals surface area contributed by atoms with Gasteiger partial charge in [0.25, 0.3) is 0 Å². The highest BCUT2D eigenvalue weighted by molar-refractivity contribution is 6.32. The molecular weight excluding hydrogens is 352 g/mol. The lowest BCUT2D eigenvalue weighted by Crippen LogP contribution is -2.29. The fraction of sp³-hybridized carbons (Fsp3) is 0.611. The molecule has 0 radical (unpaired) electrons. The molecule has 7 nitrogen and oxygen atoms in total. The number of aliphatic hydroxyl groups is 1. The number of nitrogens with two attached hydrogens (primary N) is 1. The predicted octanol–water partition coefficient (Wildman–Crippen LogP) is 2.81. The number of aliphatic hydroxyl groups excluding tert-OH is 1. The molecule has 2 fully saturated rings. The van der Waals surface area contributed by atoms with Crippen molar-refractivity contribution < 1.29 is 5.11 Å². The van der Waals surface area contributed by atoms with E-state index in [1.807, 2.05) is 10.9 Å². The Labute approximate surface area is 159 Å². The maximum atomic E-state index is 8.91. The van der Waals surface area contributed by atoms with Crippen molar-refractivity contribution in [3.63, 3.8) is 0 Å². The van der Waals surface area contributed by atoms with Crippen LogP contribution in [0.5, 0.6) is 0 Å².